The maximum absolute atomic E-state index is 13.1. The van der Waals surface area contributed by atoms with E-state index in [1.807, 2.05) is 38.1 Å². The number of carbonyl (C=O) groups excluding carboxylic acids is 2. The molecule has 0 atom stereocenters. The van der Waals surface area contributed by atoms with Crippen molar-refractivity contribution in [1.29, 1.82) is 0 Å². The maximum atomic E-state index is 13.1. The monoisotopic (exact) mass is 341 g/mol. The Kier molecular flexibility index (Phi) is 4.53. The van der Waals surface area contributed by atoms with Crippen LogP contribution >= 0.6 is 11.8 Å². The zero-order valence-electron chi connectivity index (χ0n) is 13.4. The molecule has 0 fully saturated rings. The van der Waals surface area contributed by atoms with Crippen molar-refractivity contribution in [2.75, 3.05) is 10.7 Å². The molecule has 0 aromatic heterocycles. The molecule has 3 nitrogen and oxygen atoms in total. The third-order valence-electron chi connectivity index (χ3n) is 3.76. The van der Waals surface area contributed by atoms with Crippen LogP contribution in [-0.2, 0) is 9.59 Å². The molecule has 2 aromatic rings. The zero-order chi connectivity index (χ0) is 17.3. The number of anilines is 1. The summed E-state index contributed by atoms with van der Waals surface area (Å²) in [4.78, 5) is 27.2. The Morgan fingerprint density at radius 3 is 2.17 bits per heavy atom. The molecule has 3 rings (SSSR count). The maximum Gasteiger partial charge on any atom is 0.272 e. The van der Waals surface area contributed by atoms with Gasteiger partial charge in [-0.3, -0.25) is 9.59 Å². The molecule has 0 bridgehead atoms. The van der Waals surface area contributed by atoms with Gasteiger partial charge >= 0.3 is 0 Å². The Morgan fingerprint density at radius 1 is 0.958 bits per heavy atom. The van der Waals surface area contributed by atoms with Crippen molar-refractivity contribution in [2.24, 2.45) is 0 Å². The average Bonchev–Trinajstić information content (AvgIpc) is 2.81. The molecular weight excluding hydrogens is 325 g/mol. The van der Waals surface area contributed by atoms with Gasteiger partial charge in [-0.15, -0.1) is 11.8 Å². The van der Waals surface area contributed by atoms with Gasteiger partial charge < -0.3 is 0 Å². The van der Waals surface area contributed by atoms with Gasteiger partial charge in [-0.25, -0.2) is 9.29 Å². The SMILES string of the molecule is CCSC1=C(c2ccc(C)cc2)C(=O)N(c2ccc(F)cc2)C1=O. The lowest BCUT2D eigenvalue weighted by Gasteiger charge is -2.15. The Labute approximate surface area is 144 Å². The van der Waals surface area contributed by atoms with Gasteiger partial charge in [0, 0.05) is 0 Å². The van der Waals surface area contributed by atoms with Crippen LogP contribution in [0.1, 0.15) is 18.1 Å². The second-order valence-corrected chi connectivity index (χ2v) is 6.70. The van der Waals surface area contributed by atoms with Gasteiger partial charge in [0.1, 0.15) is 5.82 Å². The number of hydrogen-bond acceptors (Lipinski definition) is 3. The summed E-state index contributed by atoms with van der Waals surface area (Å²) in [6.45, 7) is 3.90. The van der Waals surface area contributed by atoms with E-state index in [2.05, 4.69) is 0 Å². The molecular formula is C19H16FNO2S. The normalized spacial score (nSPS) is 14.7. The summed E-state index contributed by atoms with van der Waals surface area (Å²) in [6, 6.07) is 12.9. The molecule has 0 unspecified atom stereocenters. The van der Waals surface area contributed by atoms with Crippen molar-refractivity contribution in [1.82, 2.24) is 0 Å². The Hall–Kier alpha value is -2.40. The molecule has 0 saturated carbocycles. The predicted octanol–water partition coefficient (Wildman–Crippen LogP) is 4.17. The second kappa shape index (κ2) is 6.61. The fourth-order valence-corrected chi connectivity index (χ4v) is 3.44. The minimum atomic E-state index is -0.410. The van der Waals surface area contributed by atoms with Crippen molar-refractivity contribution < 1.29 is 14.0 Å². The van der Waals surface area contributed by atoms with Gasteiger partial charge in [-0.1, -0.05) is 36.8 Å². The number of halogens is 1. The summed E-state index contributed by atoms with van der Waals surface area (Å²) >= 11 is 1.35. The molecule has 0 aliphatic carbocycles. The standard InChI is InChI=1S/C19H16FNO2S/c1-3-24-17-16(13-6-4-12(2)5-7-13)18(22)21(19(17)23)15-10-8-14(20)9-11-15/h4-11H,3H2,1-2H3. The number of nitrogens with zero attached hydrogens (tertiary/aromatic N) is 1. The highest BCUT2D eigenvalue weighted by Crippen LogP contribution is 2.38. The molecule has 0 N–H and O–H groups in total. The first-order chi connectivity index (χ1) is 11.5. The van der Waals surface area contributed by atoms with Crippen molar-refractivity contribution in [3.63, 3.8) is 0 Å². The van der Waals surface area contributed by atoms with E-state index in [4.69, 9.17) is 0 Å². The zero-order valence-corrected chi connectivity index (χ0v) is 14.2. The lowest BCUT2D eigenvalue weighted by Crippen LogP contribution is -2.31. The summed E-state index contributed by atoms with van der Waals surface area (Å²) < 4.78 is 13.1. The van der Waals surface area contributed by atoms with E-state index in [9.17, 15) is 14.0 Å². The van der Waals surface area contributed by atoms with Crippen LogP contribution < -0.4 is 4.90 Å². The lowest BCUT2D eigenvalue weighted by atomic mass is 10.0. The first kappa shape index (κ1) is 16.5. The summed E-state index contributed by atoms with van der Waals surface area (Å²) in [5, 5.41) is 0. The van der Waals surface area contributed by atoms with Crippen LogP contribution in [0.3, 0.4) is 0 Å². The van der Waals surface area contributed by atoms with Crippen LogP contribution in [0.4, 0.5) is 10.1 Å². The summed E-state index contributed by atoms with van der Waals surface area (Å²) in [5.41, 5.74) is 2.59. The van der Waals surface area contributed by atoms with Gasteiger partial charge in [0.05, 0.1) is 16.2 Å². The van der Waals surface area contributed by atoms with Gasteiger partial charge in [0.2, 0.25) is 0 Å². The van der Waals surface area contributed by atoms with Crippen molar-refractivity contribution in [2.45, 2.75) is 13.8 Å². The minimum Gasteiger partial charge on any atom is -0.268 e. The molecule has 0 radical (unpaired) electrons. The van der Waals surface area contributed by atoms with Gasteiger partial charge in [0.25, 0.3) is 11.8 Å². The number of benzene rings is 2. The number of imide groups is 1. The molecule has 2 aromatic carbocycles. The number of carbonyl (C=O) groups is 2. The minimum absolute atomic E-state index is 0.353. The van der Waals surface area contributed by atoms with E-state index in [0.29, 0.717) is 21.9 Å². The average molecular weight is 341 g/mol. The van der Waals surface area contributed by atoms with E-state index < -0.39 is 5.82 Å². The summed E-state index contributed by atoms with van der Waals surface area (Å²) in [6.07, 6.45) is 0. The van der Waals surface area contributed by atoms with Crippen LogP contribution in [0.25, 0.3) is 5.57 Å². The van der Waals surface area contributed by atoms with E-state index in [1.54, 1.807) is 0 Å². The van der Waals surface area contributed by atoms with E-state index in [0.717, 1.165) is 16.0 Å². The lowest BCUT2D eigenvalue weighted by molar-refractivity contribution is -0.119. The van der Waals surface area contributed by atoms with E-state index in [-0.39, 0.29) is 11.8 Å². The highest BCUT2D eigenvalue weighted by molar-refractivity contribution is 8.04. The topological polar surface area (TPSA) is 37.4 Å². The highest BCUT2D eigenvalue weighted by Gasteiger charge is 2.39. The first-order valence-electron chi connectivity index (χ1n) is 7.61. The molecule has 2 amide bonds. The Bertz CT molecular complexity index is 825. The largest absolute Gasteiger partial charge is 0.272 e. The number of rotatable bonds is 4. The fourth-order valence-electron chi connectivity index (χ4n) is 2.59. The fraction of sp³-hybridized carbons (Fsp3) is 0.158. The molecule has 0 saturated heterocycles. The Balaban J connectivity index is 2.07. The number of thioether (sulfide) groups is 1. The molecule has 0 spiro atoms. The van der Waals surface area contributed by atoms with Crippen LogP contribution in [0.15, 0.2) is 53.4 Å². The Morgan fingerprint density at radius 2 is 1.58 bits per heavy atom. The summed E-state index contributed by atoms with van der Waals surface area (Å²) in [7, 11) is 0. The number of aryl methyl sites for hydroxylation is 1. The second-order valence-electron chi connectivity index (χ2n) is 5.43. The molecule has 1 aliphatic heterocycles. The van der Waals surface area contributed by atoms with Gasteiger partial charge in [-0.05, 0) is 42.5 Å². The molecule has 5 heteroatoms. The van der Waals surface area contributed by atoms with Crippen molar-refractivity contribution in [3.8, 4) is 0 Å². The van der Waals surface area contributed by atoms with Crippen LogP contribution in [0, 0.1) is 12.7 Å². The molecule has 24 heavy (non-hydrogen) atoms. The first-order valence-corrected chi connectivity index (χ1v) is 8.60. The van der Waals surface area contributed by atoms with Gasteiger partial charge in [0.15, 0.2) is 0 Å². The summed E-state index contributed by atoms with van der Waals surface area (Å²) in [5.74, 6) is -0.450. The smallest absolute Gasteiger partial charge is 0.268 e. The van der Waals surface area contributed by atoms with Crippen LogP contribution in [-0.4, -0.2) is 17.6 Å². The molecule has 122 valence electrons. The quantitative estimate of drug-likeness (QED) is 0.783. The predicted molar refractivity (Wildman–Crippen MR) is 95.1 cm³/mol. The highest BCUT2D eigenvalue weighted by atomic mass is 32.2. The van der Waals surface area contributed by atoms with Crippen molar-refractivity contribution >= 4 is 34.8 Å². The van der Waals surface area contributed by atoms with Crippen molar-refractivity contribution in [3.05, 3.63) is 70.4 Å². The number of hydrogen-bond donors (Lipinski definition) is 0. The third kappa shape index (κ3) is 2.87. The molecule has 1 aliphatic rings. The van der Waals surface area contributed by atoms with E-state index >= 15 is 0 Å². The number of amides is 2. The van der Waals surface area contributed by atoms with Crippen LogP contribution in [0.2, 0.25) is 0 Å². The van der Waals surface area contributed by atoms with Crippen LogP contribution in [0.5, 0.6) is 0 Å². The van der Waals surface area contributed by atoms with Gasteiger partial charge in [-0.2, -0.15) is 0 Å². The third-order valence-corrected chi connectivity index (χ3v) is 4.71. The van der Waals surface area contributed by atoms with E-state index in [1.165, 1.54) is 36.0 Å². The molecule has 1 heterocycles.